The third-order valence-corrected chi connectivity index (χ3v) is 3.28. The molecule has 1 N–H and O–H groups in total. The van der Waals surface area contributed by atoms with Gasteiger partial charge in [-0.15, -0.1) is 0 Å². The molecule has 0 radical (unpaired) electrons. The molecule has 0 unspecified atom stereocenters. The number of carbonyl (C=O) groups is 1. The van der Waals surface area contributed by atoms with Crippen molar-refractivity contribution in [2.24, 2.45) is 0 Å². The fraction of sp³-hybridized carbons (Fsp3) is 0.500. The van der Waals surface area contributed by atoms with Gasteiger partial charge in [-0.25, -0.2) is 4.98 Å². The van der Waals surface area contributed by atoms with Gasteiger partial charge in [0.2, 0.25) is 5.91 Å². The SMILES string of the molecule is CNc1ccc(Cl)c(CN2CCCCC2=O)n1. The zero-order valence-electron chi connectivity index (χ0n) is 9.87. The lowest BCUT2D eigenvalue weighted by Crippen LogP contribution is -2.35. The van der Waals surface area contributed by atoms with E-state index in [0.717, 1.165) is 30.9 Å². The summed E-state index contributed by atoms with van der Waals surface area (Å²) in [6.07, 6.45) is 2.70. The van der Waals surface area contributed by atoms with Crippen LogP contribution in [-0.4, -0.2) is 29.4 Å². The Labute approximate surface area is 106 Å². The van der Waals surface area contributed by atoms with Crippen LogP contribution >= 0.6 is 11.6 Å². The number of aromatic nitrogens is 1. The van der Waals surface area contributed by atoms with E-state index in [1.54, 1.807) is 0 Å². The number of nitrogens with zero attached hydrogens (tertiary/aromatic N) is 2. The Morgan fingerprint density at radius 2 is 2.29 bits per heavy atom. The average molecular weight is 254 g/mol. The lowest BCUT2D eigenvalue weighted by Gasteiger charge is -2.26. The number of amides is 1. The summed E-state index contributed by atoms with van der Waals surface area (Å²) in [6.45, 7) is 1.31. The highest BCUT2D eigenvalue weighted by molar-refractivity contribution is 6.31. The second-order valence-electron chi connectivity index (χ2n) is 4.15. The van der Waals surface area contributed by atoms with Gasteiger partial charge in [0.05, 0.1) is 17.3 Å². The molecule has 17 heavy (non-hydrogen) atoms. The Hall–Kier alpha value is -1.29. The summed E-state index contributed by atoms with van der Waals surface area (Å²) in [5.74, 6) is 0.970. The molecule has 1 saturated heterocycles. The van der Waals surface area contributed by atoms with Gasteiger partial charge in [-0.3, -0.25) is 4.79 Å². The average Bonchev–Trinajstić information content (AvgIpc) is 2.35. The maximum absolute atomic E-state index is 11.7. The molecule has 0 aliphatic carbocycles. The number of hydrogen-bond donors (Lipinski definition) is 1. The van der Waals surface area contributed by atoms with Gasteiger partial charge in [0.15, 0.2) is 0 Å². The predicted octanol–water partition coefficient (Wildman–Crippen LogP) is 2.29. The fourth-order valence-electron chi connectivity index (χ4n) is 1.94. The standard InChI is InChI=1S/C12H16ClN3O/c1-14-11-6-5-9(13)10(15-11)8-16-7-3-2-4-12(16)17/h5-6H,2-4,7-8H2,1H3,(H,14,15). The topological polar surface area (TPSA) is 45.2 Å². The van der Waals surface area contributed by atoms with Crippen molar-refractivity contribution in [2.45, 2.75) is 25.8 Å². The Kier molecular flexibility index (Phi) is 3.84. The maximum Gasteiger partial charge on any atom is 0.222 e. The van der Waals surface area contributed by atoms with E-state index in [9.17, 15) is 4.79 Å². The molecule has 0 atom stereocenters. The lowest BCUT2D eigenvalue weighted by atomic mass is 10.1. The van der Waals surface area contributed by atoms with Crippen LogP contribution in [0.5, 0.6) is 0 Å². The molecule has 4 nitrogen and oxygen atoms in total. The molecule has 0 saturated carbocycles. The van der Waals surface area contributed by atoms with Crippen molar-refractivity contribution in [1.29, 1.82) is 0 Å². The van der Waals surface area contributed by atoms with Gasteiger partial charge in [0.1, 0.15) is 5.82 Å². The number of piperidine rings is 1. The van der Waals surface area contributed by atoms with Crippen LogP contribution < -0.4 is 5.32 Å². The summed E-state index contributed by atoms with van der Waals surface area (Å²) in [6, 6.07) is 3.63. The normalized spacial score (nSPS) is 16.1. The van der Waals surface area contributed by atoms with Crippen molar-refractivity contribution in [2.75, 3.05) is 18.9 Å². The molecule has 0 aromatic carbocycles. The number of carbonyl (C=O) groups excluding carboxylic acids is 1. The summed E-state index contributed by atoms with van der Waals surface area (Å²) < 4.78 is 0. The minimum Gasteiger partial charge on any atom is -0.373 e. The van der Waals surface area contributed by atoms with Crippen molar-refractivity contribution in [3.05, 3.63) is 22.8 Å². The summed E-state index contributed by atoms with van der Waals surface area (Å²) in [7, 11) is 1.81. The highest BCUT2D eigenvalue weighted by atomic mass is 35.5. The van der Waals surface area contributed by atoms with Crippen LogP contribution in [0.1, 0.15) is 25.0 Å². The van der Waals surface area contributed by atoms with E-state index in [1.807, 2.05) is 24.1 Å². The summed E-state index contributed by atoms with van der Waals surface area (Å²) in [5.41, 5.74) is 0.758. The molecular formula is C12H16ClN3O. The van der Waals surface area contributed by atoms with E-state index in [2.05, 4.69) is 10.3 Å². The highest BCUT2D eigenvalue weighted by Gasteiger charge is 2.19. The maximum atomic E-state index is 11.7. The zero-order chi connectivity index (χ0) is 12.3. The Morgan fingerprint density at radius 1 is 1.47 bits per heavy atom. The minimum absolute atomic E-state index is 0.198. The lowest BCUT2D eigenvalue weighted by molar-refractivity contribution is -0.133. The largest absolute Gasteiger partial charge is 0.373 e. The highest BCUT2D eigenvalue weighted by Crippen LogP contribution is 2.20. The summed E-state index contributed by atoms with van der Waals surface area (Å²) in [4.78, 5) is 17.9. The molecule has 92 valence electrons. The van der Waals surface area contributed by atoms with Gasteiger partial charge < -0.3 is 10.2 Å². The van der Waals surface area contributed by atoms with Crippen LogP contribution in [0.15, 0.2) is 12.1 Å². The Morgan fingerprint density at radius 3 is 3.00 bits per heavy atom. The molecule has 1 aromatic rings. The van der Waals surface area contributed by atoms with Crippen LogP contribution in [0.25, 0.3) is 0 Å². The monoisotopic (exact) mass is 253 g/mol. The van der Waals surface area contributed by atoms with Crippen molar-refractivity contribution < 1.29 is 4.79 Å². The van der Waals surface area contributed by atoms with Gasteiger partial charge in [-0.05, 0) is 25.0 Å². The first-order chi connectivity index (χ1) is 8.20. The van der Waals surface area contributed by atoms with Crippen LogP contribution in [0.3, 0.4) is 0 Å². The van der Waals surface area contributed by atoms with E-state index in [0.29, 0.717) is 18.0 Å². The third kappa shape index (κ3) is 2.88. The van der Waals surface area contributed by atoms with Crippen molar-refractivity contribution >= 4 is 23.3 Å². The third-order valence-electron chi connectivity index (χ3n) is 2.94. The van der Waals surface area contributed by atoms with Crippen molar-refractivity contribution in [1.82, 2.24) is 9.88 Å². The Bertz CT molecular complexity index is 422. The van der Waals surface area contributed by atoms with E-state index in [-0.39, 0.29) is 5.91 Å². The second kappa shape index (κ2) is 5.36. The number of pyridine rings is 1. The van der Waals surface area contributed by atoms with Gasteiger partial charge >= 0.3 is 0 Å². The molecule has 1 fully saturated rings. The van der Waals surface area contributed by atoms with Gasteiger partial charge in [-0.1, -0.05) is 11.6 Å². The molecule has 5 heteroatoms. The predicted molar refractivity (Wildman–Crippen MR) is 68.1 cm³/mol. The van der Waals surface area contributed by atoms with Crippen LogP contribution in [0, 0.1) is 0 Å². The molecule has 0 bridgehead atoms. The zero-order valence-corrected chi connectivity index (χ0v) is 10.6. The smallest absolute Gasteiger partial charge is 0.222 e. The molecule has 0 spiro atoms. The number of anilines is 1. The molecule has 2 rings (SSSR count). The molecule has 1 aliphatic rings. The van der Waals surface area contributed by atoms with E-state index >= 15 is 0 Å². The first kappa shape index (κ1) is 12.2. The Balaban J connectivity index is 2.14. The quantitative estimate of drug-likeness (QED) is 0.899. The van der Waals surface area contributed by atoms with Gasteiger partial charge in [0.25, 0.3) is 0 Å². The van der Waals surface area contributed by atoms with Crippen molar-refractivity contribution in [3.63, 3.8) is 0 Å². The second-order valence-corrected chi connectivity index (χ2v) is 4.55. The molecule has 1 amide bonds. The van der Waals surface area contributed by atoms with Gasteiger partial charge in [-0.2, -0.15) is 0 Å². The fourth-order valence-corrected chi connectivity index (χ4v) is 2.11. The summed E-state index contributed by atoms with van der Waals surface area (Å²) >= 11 is 6.09. The van der Waals surface area contributed by atoms with Crippen LogP contribution in [0.4, 0.5) is 5.82 Å². The molecule has 1 aliphatic heterocycles. The number of hydrogen-bond acceptors (Lipinski definition) is 3. The number of likely N-dealkylation sites (tertiary alicyclic amines) is 1. The molecular weight excluding hydrogens is 238 g/mol. The summed E-state index contributed by atoms with van der Waals surface area (Å²) in [5, 5.41) is 3.58. The first-order valence-electron chi connectivity index (χ1n) is 5.81. The van der Waals surface area contributed by atoms with Crippen LogP contribution in [0.2, 0.25) is 5.02 Å². The minimum atomic E-state index is 0.198. The first-order valence-corrected chi connectivity index (χ1v) is 6.19. The van der Waals surface area contributed by atoms with E-state index in [1.165, 1.54) is 0 Å². The molecule has 2 heterocycles. The van der Waals surface area contributed by atoms with E-state index < -0.39 is 0 Å². The van der Waals surface area contributed by atoms with Gasteiger partial charge in [0, 0.05) is 20.0 Å². The molecule has 1 aromatic heterocycles. The number of rotatable bonds is 3. The van der Waals surface area contributed by atoms with Crippen molar-refractivity contribution in [3.8, 4) is 0 Å². The van der Waals surface area contributed by atoms with E-state index in [4.69, 9.17) is 11.6 Å². The number of nitrogens with one attached hydrogen (secondary N) is 1. The van der Waals surface area contributed by atoms with Crippen LogP contribution in [-0.2, 0) is 11.3 Å². The number of halogens is 1.